The smallest absolute Gasteiger partial charge is 0.426 e. The summed E-state index contributed by atoms with van der Waals surface area (Å²) in [7, 11) is 1.06. The number of dihydropyridines is 1. The van der Waals surface area contributed by atoms with Crippen molar-refractivity contribution in [3.8, 4) is 0 Å². The molecular formula is C17H16F6N2O2. The molecule has 2 rings (SSSR count). The van der Waals surface area contributed by atoms with Crippen LogP contribution in [-0.4, -0.2) is 49.3 Å². The number of hydrogen-bond donors (Lipinski definition) is 0. The lowest BCUT2D eigenvalue weighted by Gasteiger charge is -2.25. The summed E-state index contributed by atoms with van der Waals surface area (Å²) in [5, 5.41) is 0. The molecule has 1 heterocycles. The second kappa shape index (κ2) is 8.01. The molecule has 0 atom stereocenters. The highest BCUT2D eigenvalue weighted by Crippen LogP contribution is 2.36. The van der Waals surface area contributed by atoms with Gasteiger partial charge in [0.2, 0.25) is 0 Å². The number of nitrogens with zero attached hydrogens (tertiary/aromatic N) is 2. The summed E-state index contributed by atoms with van der Waals surface area (Å²) < 4.78 is 78.6. The average molecular weight is 394 g/mol. The molecule has 0 radical (unpaired) electrons. The van der Waals surface area contributed by atoms with Gasteiger partial charge in [0, 0.05) is 26.4 Å². The third kappa shape index (κ3) is 5.73. The number of benzene rings is 1. The first-order valence-electron chi connectivity index (χ1n) is 7.82. The van der Waals surface area contributed by atoms with Crippen LogP contribution in [0.25, 0.3) is 5.57 Å². The van der Waals surface area contributed by atoms with Gasteiger partial charge in [0.1, 0.15) is 0 Å². The van der Waals surface area contributed by atoms with E-state index >= 15 is 0 Å². The molecule has 1 aromatic carbocycles. The summed E-state index contributed by atoms with van der Waals surface area (Å²) in [5.41, 5.74) is 2.36. The Labute approximate surface area is 151 Å². The van der Waals surface area contributed by atoms with E-state index in [1.54, 1.807) is 24.4 Å². The van der Waals surface area contributed by atoms with E-state index in [9.17, 15) is 31.1 Å². The lowest BCUT2D eigenvalue weighted by molar-refractivity contribution is -0.308. The van der Waals surface area contributed by atoms with Gasteiger partial charge >= 0.3 is 18.4 Å². The van der Waals surface area contributed by atoms with Crippen LogP contribution >= 0.6 is 0 Å². The molecule has 0 saturated heterocycles. The molecule has 4 nitrogen and oxygen atoms in total. The molecule has 0 N–H and O–H groups in total. The Morgan fingerprint density at radius 3 is 2.44 bits per heavy atom. The molecule has 0 aromatic heterocycles. The molecule has 0 fully saturated rings. The number of allylic oxidation sites excluding steroid dienone is 1. The van der Waals surface area contributed by atoms with E-state index < -0.39 is 24.5 Å². The van der Waals surface area contributed by atoms with Gasteiger partial charge in [-0.1, -0.05) is 18.2 Å². The first-order chi connectivity index (χ1) is 12.5. The third-order valence-corrected chi connectivity index (χ3v) is 3.73. The Hall–Kier alpha value is -2.52. The van der Waals surface area contributed by atoms with Gasteiger partial charge in [-0.15, -0.1) is 0 Å². The van der Waals surface area contributed by atoms with Crippen LogP contribution in [0.15, 0.2) is 35.3 Å². The van der Waals surface area contributed by atoms with Crippen LogP contribution in [-0.2, 0) is 11.3 Å². The first kappa shape index (κ1) is 20.8. The average Bonchev–Trinajstić information content (AvgIpc) is 2.58. The Morgan fingerprint density at radius 1 is 1.22 bits per heavy atom. The molecule has 0 aliphatic carbocycles. The molecule has 27 heavy (non-hydrogen) atoms. The minimum atomic E-state index is -5.75. The molecule has 1 aliphatic rings. The van der Waals surface area contributed by atoms with Crippen molar-refractivity contribution in [1.82, 2.24) is 4.90 Å². The molecule has 1 aromatic rings. The summed E-state index contributed by atoms with van der Waals surface area (Å²) in [5.74, 6) is 0. The van der Waals surface area contributed by atoms with Crippen molar-refractivity contribution in [3.05, 3.63) is 41.5 Å². The molecule has 148 valence electrons. The molecule has 1 amide bonds. The Balaban J connectivity index is 2.08. The normalized spacial score (nSPS) is 14.9. The third-order valence-electron chi connectivity index (χ3n) is 3.73. The summed E-state index contributed by atoms with van der Waals surface area (Å²) in [4.78, 5) is 16.4. The van der Waals surface area contributed by atoms with E-state index in [1.165, 1.54) is 0 Å². The van der Waals surface area contributed by atoms with E-state index in [4.69, 9.17) is 0 Å². The van der Waals surface area contributed by atoms with Crippen LogP contribution in [0, 0.1) is 0 Å². The van der Waals surface area contributed by atoms with Crippen molar-refractivity contribution < 1.29 is 35.9 Å². The standard InChI is InChI=1S/C17H16F6N2O2/c1-25(15(26)27-14(16(18,19)20)17(21,22)23)10-11-3-2-4-13(9-11)12-5-7-24-8-6-12/h2-5,7,9,14H,6,8,10H2,1H3. The van der Waals surface area contributed by atoms with E-state index in [0.717, 1.165) is 18.2 Å². The van der Waals surface area contributed by atoms with E-state index in [-0.39, 0.29) is 6.54 Å². The summed E-state index contributed by atoms with van der Waals surface area (Å²) >= 11 is 0. The van der Waals surface area contributed by atoms with E-state index in [0.29, 0.717) is 23.4 Å². The van der Waals surface area contributed by atoms with Crippen LogP contribution in [0.3, 0.4) is 0 Å². The fraction of sp³-hybridized carbons (Fsp3) is 0.412. The zero-order chi connectivity index (χ0) is 20.2. The van der Waals surface area contributed by atoms with Crippen LogP contribution in [0.2, 0.25) is 0 Å². The van der Waals surface area contributed by atoms with Crippen LogP contribution < -0.4 is 0 Å². The van der Waals surface area contributed by atoms with Crippen LogP contribution in [0.1, 0.15) is 17.5 Å². The van der Waals surface area contributed by atoms with Gasteiger partial charge in [-0.3, -0.25) is 4.99 Å². The quantitative estimate of drug-likeness (QED) is 0.700. The summed E-state index contributed by atoms with van der Waals surface area (Å²) in [6.45, 7) is 0.412. The minimum Gasteiger partial charge on any atom is -0.426 e. The summed E-state index contributed by atoms with van der Waals surface area (Å²) in [6.07, 6.45) is -13.2. The lowest BCUT2D eigenvalue weighted by Crippen LogP contribution is -2.47. The largest absolute Gasteiger partial charge is 0.434 e. The fourth-order valence-corrected chi connectivity index (χ4v) is 2.44. The molecule has 1 aliphatic heterocycles. The Kier molecular flexibility index (Phi) is 6.17. The SMILES string of the molecule is CN(Cc1cccc(C2=CC=NCC2)c1)C(=O)OC(C(F)(F)F)C(F)(F)F. The number of carbonyl (C=O) groups is 1. The number of hydrogen-bond acceptors (Lipinski definition) is 3. The number of alkyl halides is 6. The van der Waals surface area contributed by atoms with Crippen LogP contribution in [0.5, 0.6) is 0 Å². The highest BCUT2D eigenvalue weighted by molar-refractivity contribution is 5.86. The molecule has 0 spiro atoms. The first-order valence-corrected chi connectivity index (χ1v) is 7.82. The summed E-state index contributed by atoms with van der Waals surface area (Å²) in [6, 6.07) is 6.82. The number of rotatable bonds is 4. The Bertz CT molecular complexity index is 726. The van der Waals surface area contributed by atoms with Gasteiger partial charge in [-0.25, -0.2) is 4.79 Å². The number of halogens is 6. The molecule has 10 heteroatoms. The molecule has 0 bridgehead atoms. The molecule has 0 unspecified atom stereocenters. The maximum atomic E-state index is 12.5. The van der Waals surface area contributed by atoms with Crippen molar-refractivity contribution in [2.45, 2.75) is 31.4 Å². The van der Waals surface area contributed by atoms with Gasteiger partial charge < -0.3 is 9.64 Å². The highest BCUT2D eigenvalue weighted by Gasteiger charge is 2.60. The van der Waals surface area contributed by atoms with Crippen molar-refractivity contribution in [2.24, 2.45) is 4.99 Å². The zero-order valence-corrected chi connectivity index (χ0v) is 14.1. The lowest BCUT2D eigenvalue weighted by atomic mass is 9.99. The van der Waals surface area contributed by atoms with Crippen molar-refractivity contribution in [1.29, 1.82) is 0 Å². The van der Waals surface area contributed by atoms with Crippen molar-refractivity contribution >= 4 is 17.9 Å². The zero-order valence-electron chi connectivity index (χ0n) is 14.1. The maximum absolute atomic E-state index is 12.5. The van der Waals surface area contributed by atoms with Crippen molar-refractivity contribution in [2.75, 3.05) is 13.6 Å². The highest BCUT2D eigenvalue weighted by atomic mass is 19.4. The fourth-order valence-electron chi connectivity index (χ4n) is 2.44. The second-order valence-electron chi connectivity index (χ2n) is 5.90. The van der Waals surface area contributed by atoms with E-state index in [2.05, 4.69) is 9.73 Å². The number of ether oxygens (including phenoxy) is 1. The van der Waals surface area contributed by atoms with Gasteiger partial charge in [-0.05, 0) is 35.3 Å². The van der Waals surface area contributed by atoms with Gasteiger partial charge in [-0.2, -0.15) is 26.3 Å². The monoisotopic (exact) mass is 394 g/mol. The van der Waals surface area contributed by atoms with Gasteiger partial charge in [0.15, 0.2) is 0 Å². The van der Waals surface area contributed by atoms with Crippen LogP contribution in [0.4, 0.5) is 31.1 Å². The number of aliphatic imine (C=N–C) groups is 1. The second-order valence-corrected chi connectivity index (χ2v) is 5.90. The number of carbonyl (C=O) groups excluding carboxylic acids is 1. The molecular weight excluding hydrogens is 378 g/mol. The Morgan fingerprint density at radius 2 is 1.89 bits per heavy atom. The molecule has 0 saturated carbocycles. The number of amides is 1. The van der Waals surface area contributed by atoms with Gasteiger partial charge in [0.25, 0.3) is 6.10 Å². The van der Waals surface area contributed by atoms with E-state index in [1.807, 2.05) is 12.1 Å². The maximum Gasteiger partial charge on any atom is 0.434 e. The predicted octanol–water partition coefficient (Wildman–Crippen LogP) is 4.61. The van der Waals surface area contributed by atoms with Crippen molar-refractivity contribution in [3.63, 3.8) is 0 Å². The topological polar surface area (TPSA) is 41.9 Å². The van der Waals surface area contributed by atoms with Gasteiger partial charge in [0.05, 0.1) is 0 Å². The minimum absolute atomic E-state index is 0.212. The predicted molar refractivity (Wildman–Crippen MR) is 86.2 cm³/mol.